The summed E-state index contributed by atoms with van der Waals surface area (Å²) in [7, 11) is -3.57. The fourth-order valence-electron chi connectivity index (χ4n) is 1.46. The number of alkyl halides is 3. The molecule has 1 N–H and O–H groups in total. The van der Waals surface area contributed by atoms with E-state index in [1.165, 1.54) is 0 Å². The number of fused-ring (bicyclic) bond motifs is 1. The first-order chi connectivity index (χ1) is 8.10. The Morgan fingerprint density at radius 1 is 1.33 bits per heavy atom. The van der Waals surface area contributed by atoms with E-state index in [0.29, 0.717) is 0 Å². The lowest BCUT2D eigenvalue weighted by Gasteiger charge is -2.04. The van der Waals surface area contributed by atoms with Crippen molar-refractivity contribution in [3.63, 3.8) is 0 Å². The summed E-state index contributed by atoms with van der Waals surface area (Å²) in [6.07, 6.45) is -3.91. The maximum atomic E-state index is 12.5. The molecule has 0 fully saturated rings. The number of sulfone groups is 1. The molecule has 0 aliphatic rings. The molecule has 2 aromatic rings. The molecule has 0 aliphatic heterocycles. The number of nitrogens with zero attached hydrogens (tertiary/aromatic N) is 2. The van der Waals surface area contributed by atoms with Gasteiger partial charge in [0.1, 0.15) is 5.52 Å². The SMILES string of the molecule is CS(=O)(=O)c1ccc2nc(C(F)(F)F)n(O)c2c1. The molecule has 2 rings (SSSR count). The van der Waals surface area contributed by atoms with E-state index in [4.69, 9.17) is 0 Å². The molecule has 0 spiro atoms. The molecule has 18 heavy (non-hydrogen) atoms. The van der Waals surface area contributed by atoms with Crippen molar-refractivity contribution in [3.05, 3.63) is 24.0 Å². The summed E-state index contributed by atoms with van der Waals surface area (Å²) in [5.74, 6) is -1.50. The smallest absolute Gasteiger partial charge is 0.426 e. The Kier molecular flexibility index (Phi) is 2.54. The highest BCUT2D eigenvalue weighted by molar-refractivity contribution is 7.90. The van der Waals surface area contributed by atoms with Crippen LogP contribution in [0.4, 0.5) is 13.2 Å². The van der Waals surface area contributed by atoms with Crippen molar-refractivity contribution in [1.29, 1.82) is 0 Å². The van der Waals surface area contributed by atoms with Gasteiger partial charge in [-0.15, -0.1) is 0 Å². The van der Waals surface area contributed by atoms with Crippen LogP contribution in [0.25, 0.3) is 11.0 Å². The van der Waals surface area contributed by atoms with E-state index >= 15 is 0 Å². The minimum absolute atomic E-state index is 0.141. The van der Waals surface area contributed by atoms with E-state index in [9.17, 15) is 26.8 Å². The zero-order valence-corrected chi connectivity index (χ0v) is 9.75. The quantitative estimate of drug-likeness (QED) is 0.807. The molecule has 0 saturated carbocycles. The Morgan fingerprint density at radius 3 is 2.44 bits per heavy atom. The van der Waals surface area contributed by atoms with Crippen molar-refractivity contribution in [2.45, 2.75) is 11.1 Å². The molecular weight excluding hydrogens is 273 g/mol. The van der Waals surface area contributed by atoms with E-state index in [1.807, 2.05) is 0 Å². The average molecular weight is 280 g/mol. The van der Waals surface area contributed by atoms with Gasteiger partial charge < -0.3 is 5.21 Å². The Bertz CT molecular complexity index is 718. The fourth-order valence-corrected chi connectivity index (χ4v) is 2.10. The Morgan fingerprint density at radius 2 is 1.94 bits per heavy atom. The van der Waals surface area contributed by atoms with Gasteiger partial charge in [0.25, 0.3) is 5.82 Å². The summed E-state index contributed by atoms with van der Waals surface area (Å²) >= 11 is 0. The molecule has 0 unspecified atom stereocenters. The number of hydrogen-bond acceptors (Lipinski definition) is 4. The van der Waals surface area contributed by atoms with E-state index in [-0.39, 0.29) is 20.7 Å². The molecule has 1 aromatic heterocycles. The molecular formula is C9H7F3N2O3S. The van der Waals surface area contributed by atoms with Gasteiger partial charge in [-0.2, -0.15) is 17.9 Å². The first-order valence-corrected chi connectivity index (χ1v) is 6.49. The van der Waals surface area contributed by atoms with Crippen LogP contribution in [-0.2, 0) is 16.0 Å². The summed E-state index contributed by atoms with van der Waals surface area (Å²) in [6, 6.07) is 3.17. The van der Waals surface area contributed by atoms with Gasteiger partial charge in [0.15, 0.2) is 9.84 Å². The largest absolute Gasteiger partial charge is 0.453 e. The van der Waals surface area contributed by atoms with E-state index in [2.05, 4.69) is 4.98 Å². The molecule has 1 aromatic carbocycles. The van der Waals surface area contributed by atoms with Crippen LogP contribution in [0.3, 0.4) is 0 Å². The summed E-state index contributed by atoms with van der Waals surface area (Å²) in [5.41, 5.74) is -0.456. The third-order valence-electron chi connectivity index (χ3n) is 2.28. The summed E-state index contributed by atoms with van der Waals surface area (Å²) < 4.78 is 59.7. The van der Waals surface area contributed by atoms with Crippen molar-refractivity contribution >= 4 is 20.9 Å². The second-order valence-electron chi connectivity index (χ2n) is 3.67. The highest BCUT2D eigenvalue weighted by Crippen LogP contribution is 2.31. The van der Waals surface area contributed by atoms with Crippen LogP contribution in [0, 0.1) is 0 Å². The monoisotopic (exact) mass is 280 g/mol. The lowest BCUT2D eigenvalue weighted by atomic mass is 10.3. The first kappa shape index (κ1) is 12.7. The molecule has 0 amide bonds. The summed E-state index contributed by atoms with van der Waals surface area (Å²) in [6.45, 7) is 0. The van der Waals surface area contributed by atoms with Crippen LogP contribution in [-0.4, -0.2) is 29.6 Å². The predicted octanol–water partition coefficient (Wildman–Crippen LogP) is 1.70. The molecule has 98 valence electrons. The Labute approximate surface area is 99.4 Å². The zero-order valence-electron chi connectivity index (χ0n) is 8.93. The fraction of sp³-hybridized carbons (Fsp3) is 0.222. The number of halogens is 3. The lowest BCUT2D eigenvalue weighted by Crippen LogP contribution is -2.13. The summed E-state index contributed by atoms with van der Waals surface area (Å²) in [4.78, 5) is 3.00. The van der Waals surface area contributed by atoms with Gasteiger partial charge in [0, 0.05) is 6.26 Å². The molecule has 5 nitrogen and oxygen atoms in total. The van der Waals surface area contributed by atoms with Gasteiger partial charge in [-0.05, 0) is 18.2 Å². The molecule has 0 aliphatic carbocycles. The van der Waals surface area contributed by atoms with Crippen molar-refractivity contribution in [2.75, 3.05) is 6.26 Å². The van der Waals surface area contributed by atoms with Crippen molar-refractivity contribution in [2.24, 2.45) is 0 Å². The van der Waals surface area contributed by atoms with Gasteiger partial charge in [-0.25, -0.2) is 13.4 Å². The van der Waals surface area contributed by atoms with Gasteiger partial charge in [-0.1, -0.05) is 0 Å². The van der Waals surface area contributed by atoms with Crippen LogP contribution in [0.15, 0.2) is 23.1 Å². The Balaban J connectivity index is 2.76. The highest BCUT2D eigenvalue weighted by atomic mass is 32.2. The van der Waals surface area contributed by atoms with Gasteiger partial charge in [0.05, 0.1) is 10.4 Å². The maximum absolute atomic E-state index is 12.5. The van der Waals surface area contributed by atoms with Crippen molar-refractivity contribution in [1.82, 2.24) is 9.71 Å². The number of benzene rings is 1. The molecule has 0 bridgehead atoms. The first-order valence-electron chi connectivity index (χ1n) is 4.60. The van der Waals surface area contributed by atoms with Gasteiger partial charge >= 0.3 is 6.18 Å². The molecule has 0 atom stereocenters. The predicted molar refractivity (Wildman–Crippen MR) is 55.0 cm³/mol. The lowest BCUT2D eigenvalue weighted by molar-refractivity contribution is -0.153. The van der Waals surface area contributed by atoms with Crippen LogP contribution < -0.4 is 0 Å². The van der Waals surface area contributed by atoms with E-state index in [0.717, 1.165) is 24.5 Å². The summed E-state index contributed by atoms with van der Waals surface area (Å²) in [5, 5.41) is 9.35. The maximum Gasteiger partial charge on any atom is 0.453 e. The topological polar surface area (TPSA) is 72.2 Å². The standard InChI is InChI=1S/C9H7F3N2O3S/c1-18(16,17)5-2-3-6-7(4-5)14(15)8(13-6)9(10,11)12/h2-4,15H,1H3. The van der Waals surface area contributed by atoms with Crippen LogP contribution in [0.2, 0.25) is 0 Å². The van der Waals surface area contributed by atoms with Gasteiger partial charge in [0.2, 0.25) is 0 Å². The van der Waals surface area contributed by atoms with E-state index in [1.54, 1.807) is 0 Å². The zero-order chi connectivity index (χ0) is 13.7. The second kappa shape index (κ2) is 3.61. The average Bonchev–Trinajstić information content (AvgIpc) is 2.54. The number of aromatic nitrogens is 2. The minimum Gasteiger partial charge on any atom is -0.426 e. The highest BCUT2D eigenvalue weighted by Gasteiger charge is 2.38. The molecule has 9 heteroatoms. The molecule has 0 radical (unpaired) electrons. The minimum atomic E-state index is -4.82. The van der Waals surface area contributed by atoms with Crippen LogP contribution >= 0.6 is 0 Å². The van der Waals surface area contributed by atoms with E-state index < -0.39 is 21.8 Å². The van der Waals surface area contributed by atoms with Gasteiger partial charge in [-0.3, -0.25) is 0 Å². The number of imidazole rings is 1. The normalized spacial score (nSPS) is 13.1. The van der Waals surface area contributed by atoms with Crippen LogP contribution in [0.1, 0.15) is 5.82 Å². The van der Waals surface area contributed by atoms with Crippen molar-refractivity contribution in [3.8, 4) is 0 Å². The number of hydrogen-bond donors (Lipinski definition) is 1. The molecule has 0 saturated heterocycles. The molecule has 1 heterocycles. The third-order valence-corrected chi connectivity index (χ3v) is 3.39. The van der Waals surface area contributed by atoms with Crippen LogP contribution in [0.5, 0.6) is 0 Å². The third kappa shape index (κ3) is 2.01. The number of rotatable bonds is 1. The van der Waals surface area contributed by atoms with Crippen molar-refractivity contribution < 1.29 is 26.8 Å². The Hall–Kier alpha value is -1.77. The second-order valence-corrected chi connectivity index (χ2v) is 5.68.